The molecule has 4 heteroatoms. The minimum atomic E-state index is 0.687. The zero-order valence-electron chi connectivity index (χ0n) is 12.1. The van der Waals surface area contributed by atoms with E-state index in [4.69, 9.17) is 0 Å². The van der Waals surface area contributed by atoms with Gasteiger partial charge in [-0.15, -0.1) is 11.3 Å². The van der Waals surface area contributed by atoms with E-state index < -0.39 is 0 Å². The molecule has 1 aromatic heterocycles. The largest absolute Gasteiger partial charge is 0.360 e. The van der Waals surface area contributed by atoms with Crippen molar-refractivity contribution in [1.29, 1.82) is 0 Å². The van der Waals surface area contributed by atoms with E-state index in [0.717, 1.165) is 30.6 Å². The number of hydrogen-bond donors (Lipinski definition) is 1. The van der Waals surface area contributed by atoms with Gasteiger partial charge in [0.1, 0.15) is 0 Å². The van der Waals surface area contributed by atoms with Crippen LogP contribution in [0.3, 0.4) is 0 Å². The molecule has 0 fully saturated rings. The number of aliphatic imine (C=N–C) groups is 1. The standard InChI is InChI=1S/C15H24N2S2/c1-4-11(5-2)14-10-17-15(19-14)16-9-13-12(6-3)7-8-18-13/h7-8,11,14H,4-6,9-10H2,1-3H3,(H,16,17). The summed E-state index contributed by atoms with van der Waals surface area (Å²) in [6.45, 7) is 8.72. The Bertz CT molecular complexity index is 422. The summed E-state index contributed by atoms with van der Waals surface area (Å²) in [5.41, 5.74) is 1.47. The van der Waals surface area contributed by atoms with Gasteiger partial charge in [-0.05, 0) is 29.3 Å². The lowest BCUT2D eigenvalue weighted by molar-refractivity contribution is 0.479. The Labute approximate surface area is 125 Å². The van der Waals surface area contributed by atoms with Gasteiger partial charge >= 0.3 is 0 Å². The molecule has 0 amide bonds. The Morgan fingerprint density at radius 3 is 2.84 bits per heavy atom. The molecule has 106 valence electrons. The maximum absolute atomic E-state index is 4.66. The Balaban J connectivity index is 1.82. The summed E-state index contributed by atoms with van der Waals surface area (Å²) < 4.78 is 0. The van der Waals surface area contributed by atoms with E-state index in [2.05, 4.69) is 42.5 Å². The quantitative estimate of drug-likeness (QED) is 0.846. The van der Waals surface area contributed by atoms with Gasteiger partial charge in [-0.25, -0.2) is 0 Å². The topological polar surface area (TPSA) is 24.4 Å². The number of nitrogens with zero attached hydrogens (tertiary/aromatic N) is 1. The molecule has 0 radical (unpaired) electrons. The van der Waals surface area contributed by atoms with Crippen LogP contribution >= 0.6 is 23.1 Å². The molecule has 0 spiro atoms. The fraction of sp³-hybridized carbons (Fsp3) is 0.667. The smallest absolute Gasteiger partial charge is 0.157 e. The molecule has 0 bridgehead atoms. The van der Waals surface area contributed by atoms with Crippen molar-refractivity contribution in [2.24, 2.45) is 10.9 Å². The van der Waals surface area contributed by atoms with Crippen LogP contribution < -0.4 is 5.32 Å². The number of rotatable bonds is 6. The summed E-state index contributed by atoms with van der Waals surface area (Å²) >= 11 is 3.79. The summed E-state index contributed by atoms with van der Waals surface area (Å²) in [5, 5.41) is 7.53. The average Bonchev–Trinajstić information content (AvgIpc) is 3.06. The van der Waals surface area contributed by atoms with Gasteiger partial charge in [-0.2, -0.15) is 0 Å². The predicted octanol–water partition coefficient (Wildman–Crippen LogP) is 4.31. The second kappa shape index (κ2) is 7.34. The van der Waals surface area contributed by atoms with Gasteiger partial charge < -0.3 is 5.32 Å². The third kappa shape index (κ3) is 3.76. The average molecular weight is 297 g/mol. The number of amidine groups is 1. The molecule has 0 aliphatic carbocycles. The molecule has 0 saturated carbocycles. The minimum Gasteiger partial charge on any atom is -0.360 e. The van der Waals surface area contributed by atoms with E-state index in [-0.39, 0.29) is 0 Å². The van der Waals surface area contributed by atoms with Gasteiger partial charge in [-0.1, -0.05) is 45.4 Å². The zero-order valence-corrected chi connectivity index (χ0v) is 13.7. The second-order valence-corrected chi connectivity index (χ2v) is 7.18. The maximum Gasteiger partial charge on any atom is 0.157 e. The summed E-state index contributed by atoms with van der Waals surface area (Å²) in [5.74, 6) is 0.806. The summed E-state index contributed by atoms with van der Waals surface area (Å²) in [7, 11) is 0. The van der Waals surface area contributed by atoms with Gasteiger partial charge in [0.25, 0.3) is 0 Å². The number of thioether (sulfide) groups is 1. The fourth-order valence-electron chi connectivity index (χ4n) is 2.54. The van der Waals surface area contributed by atoms with Crippen molar-refractivity contribution in [3.63, 3.8) is 0 Å². The van der Waals surface area contributed by atoms with Crippen molar-refractivity contribution in [2.45, 2.75) is 51.8 Å². The first-order valence-corrected chi connectivity index (χ1v) is 9.04. The number of nitrogens with one attached hydrogen (secondary N) is 1. The molecule has 1 atom stereocenters. The van der Waals surface area contributed by atoms with Crippen LogP contribution in [0.25, 0.3) is 0 Å². The van der Waals surface area contributed by atoms with Gasteiger partial charge in [0.05, 0.1) is 13.1 Å². The number of hydrogen-bond acceptors (Lipinski definition) is 4. The van der Waals surface area contributed by atoms with Crippen LogP contribution in [-0.2, 0) is 13.0 Å². The lowest BCUT2D eigenvalue weighted by Crippen LogP contribution is -2.21. The summed E-state index contributed by atoms with van der Waals surface area (Å²) in [4.78, 5) is 6.12. The van der Waals surface area contributed by atoms with Crippen molar-refractivity contribution in [3.8, 4) is 0 Å². The Hall–Kier alpha value is -0.480. The highest BCUT2D eigenvalue weighted by atomic mass is 32.2. The molecular weight excluding hydrogens is 272 g/mol. The first-order valence-electron chi connectivity index (χ1n) is 7.28. The van der Waals surface area contributed by atoms with E-state index in [1.165, 1.54) is 23.3 Å². The summed E-state index contributed by atoms with van der Waals surface area (Å²) in [6, 6.07) is 2.23. The van der Waals surface area contributed by atoms with Crippen LogP contribution in [0.2, 0.25) is 0 Å². The van der Waals surface area contributed by atoms with Crippen molar-refractivity contribution in [2.75, 3.05) is 6.54 Å². The molecule has 1 aliphatic heterocycles. The molecule has 0 aromatic carbocycles. The first kappa shape index (κ1) is 14.9. The molecule has 2 nitrogen and oxygen atoms in total. The highest BCUT2D eigenvalue weighted by Gasteiger charge is 2.25. The molecule has 1 unspecified atom stereocenters. The van der Waals surface area contributed by atoms with Crippen LogP contribution in [0.5, 0.6) is 0 Å². The molecule has 1 aromatic rings. The molecule has 2 rings (SSSR count). The highest BCUT2D eigenvalue weighted by Crippen LogP contribution is 2.30. The third-order valence-electron chi connectivity index (χ3n) is 3.87. The Morgan fingerprint density at radius 1 is 1.37 bits per heavy atom. The predicted molar refractivity (Wildman–Crippen MR) is 88.3 cm³/mol. The lowest BCUT2D eigenvalue weighted by Gasteiger charge is -2.18. The first-order chi connectivity index (χ1) is 9.28. The summed E-state index contributed by atoms with van der Waals surface area (Å²) in [6.07, 6.45) is 3.65. The van der Waals surface area contributed by atoms with Crippen molar-refractivity contribution >= 4 is 28.3 Å². The molecule has 2 heterocycles. The van der Waals surface area contributed by atoms with E-state index in [1.807, 2.05) is 23.1 Å². The zero-order chi connectivity index (χ0) is 13.7. The highest BCUT2D eigenvalue weighted by molar-refractivity contribution is 8.14. The normalized spacial score (nSPS) is 18.9. The van der Waals surface area contributed by atoms with Crippen LogP contribution in [0.15, 0.2) is 16.4 Å². The van der Waals surface area contributed by atoms with Gasteiger partial charge in [0, 0.05) is 10.1 Å². The molecule has 1 N–H and O–H groups in total. The Morgan fingerprint density at radius 2 is 2.16 bits per heavy atom. The van der Waals surface area contributed by atoms with Gasteiger partial charge in [0.2, 0.25) is 0 Å². The molecule has 0 saturated heterocycles. The van der Waals surface area contributed by atoms with Crippen LogP contribution in [-0.4, -0.2) is 17.0 Å². The van der Waals surface area contributed by atoms with Crippen LogP contribution in [0.4, 0.5) is 0 Å². The van der Waals surface area contributed by atoms with Crippen LogP contribution in [0, 0.1) is 5.92 Å². The van der Waals surface area contributed by atoms with Crippen molar-refractivity contribution in [3.05, 3.63) is 21.9 Å². The van der Waals surface area contributed by atoms with E-state index in [9.17, 15) is 0 Å². The number of aryl methyl sites for hydroxylation is 1. The maximum atomic E-state index is 4.66. The second-order valence-electron chi connectivity index (χ2n) is 4.95. The molecule has 19 heavy (non-hydrogen) atoms. The fourth-order valence-corrected chi connectivity index (χ4v) is 4.77. The molecule has 1 aliphatic rings. The van der Waals surface area contributed by atoms with Crippen LogP contribution in [0.1, 0.15) is 44.1 Å². The SMILES string of the molecule is CCc1ccsc1CNC1=NCC(C(CC)CC)S1. The van der Waals surface area contributed by atoms with Gasteiger partial charge in [0.15, 0.2) is 5.17 Å². The van der Waals surface area contributed by atoms with Gasteiger partial charge in [-0.3, -0.25) is 4.99 Å². The Kier molecular flexibility index (Phi) is 5.76. The third-order valence-corrected chi connectivity index (χ3v) is 6.17. The number of thiophene rings is 1. The lowest BCUT2D eigenvalue weighted by atomic mass is 9.99. The minimum absolute atomic E-state index is 0.687. The monoisotopic (exact) mass is 296 g/mol. The van der Waals surface area contributed by atoms with E-state index in [0.29, 0.717) is 5.25 Å². The molecular formula is C15H24N2S2. The van der Waals surface area contributed by atoms with E-state index >= 15 is 0 Å². The van der Waals surface area contributed by atoms with E-state index in [1.54, 1.807) is 0 Å². The van der Waals surface area contributed by atoms with Crippen molar-refractivity contribution < 1.29 is 0 Å². The van der Waals surface area contributed by atoms with Crippen molar-refractivity contribution in [1.82, 2.24) is 5.32 Å².